The summed E-state index contributed by atoms with van der Waals surface area (Å²) in [6, 6.07) is 15.8. The second-order valence-corrected chi connectivity index (χ2v) is 8.04. The van der Waals surface area contributed by atoms with Crippen LogP contribution in [0.3, 0.4) is 0 Å². The van der Waals surface area contributed by atoms with Crippen LogP contribution >= 0.6 is 0 Å². The number of carbonyl (C=O) groups is 1. The van der Waals surface area contributed by atoms with Gasteiger partial charge in [-0.05, 0) is 37.1 Å². The first-order valence-electron chi connectivity index (χ1n) is 11.3. The molecule has 0 spiro atoms. The van der Waals surface area contributed by atoms with Gasteiger partial charge in [-0.3, -0.25) is 0 Å². The highest BCUT2D eigenvalue weighted by Crippen LogP contribution is 2.22. The molecule has 0 fully saturated rings. The molecule has 2 heterocycles. The predicted molar refractivity (Wildman–Crippen MR) is 123 cm³/mol. The van der Waals surface area contributed by atoms with E-state index in [1.165, 1.54) is 4.73 Å². The number of hydrogen-bond donors (Lipinski definition) is 0. The van der Waals surface area contributed by atoms with Crippen molar-refractivity contribution in [2.24, 2.45) is 5.92 Å². The van der Waals surface area contributed by atoms with Crippen LogP contribution < -0.4 is 4.84 Å². The van der Waals surface area contributed by atoms with E-state index in [1.807, 2.05) is 42.5 Å². The number of fused-ring (bicyclic) bond motifs is 2. The van der Waals surface area contributed by atoms with Gasteiger partial charge >= 0.3 is 5.97 Å². The molecule has 31 heavy (non-hydrogen) atoms. The molecule has 0 saturated heterocycles. The van der Waals surface area contributed by atoms with E-state index in [9.17, 15) is 4.79 Å². The molecule has 4 rings (SSSR count). The maximum absolute atomic E-state index is 13.2. The zero-order valence-corrected chi connectivity index (χ0v) is 18.3. The van der Waals surface area contributed by atoms with Gasteiger partial charge in [0.2, 0.25) is 0 Å². The molecule has 0 radical (unpaired) electrons. The number of aryl methyl sites for hydroxylation is 1. The number of carbonyl (C=O) groups excluding carboxylic acids is 1. The maximum Gasteiger partial charge on any atom is 0.337 e. The van der Waals surface area contributed by atoms with Crippen molar-refractivity contribution in [1.29, 1.82) is 0 Å². The number of hydrogen-bond acceptors (Lipinski definition) is 4. The van der Waals surface area contributed by atoms with E-state index in [-0.39, 0.29) is 11.9 Å². The smallest absolute Gasteiger partial charge is 0.335 e. The van der Waals surface area contributed by atoms with Gasteiger partial charge in [0.05, 0.1) is 22.5 Å². The number of aromatic nitrogens is 4. The molecule has 0 bridgehead atoms. The normalized spacial score (nSPS) is 12.5. The molecule has 1 unspecified atom stereocenters. The van der Waals surface area contributed by atoms with Crippen molar-refractivity contribution in [3.8, 4) is 0 Å². The van der Waals surface area contributed by atoms with E-state index >= 15 is 0 Å². The molecule has 2 aromatic heterocycles. The first-order valence-corrected chi connectivity index (χ1v) is 11.3. The molecule has 0 aliphatic rings. The van der Waals surface area contributed by atoms with Gasteiger partial charge in [0.25, 0.3) is 0 Å². The largest absolute Gasteiger partial charge is 0.337 e. The molecule has 4 aromatic rings. The Morgan fingerprint density at radius 1 is 0.968 bits per heavy atom. The van der Waals surface area contributed by atoms with Gasteiger partial charge in [0.15, 0.2) is 0 Å². The zero-order valence-electron chi connectivity index (χ0n) is 18.3. The van der Waals surface area contributed by atoms with Gasteiger partial charge in [-0.15, -0.1) is 0 Å². The Bertz CT molecular complexity index is 1160. The van der Waals surface area contributed by atoms with E-state index in [4.69, 9.17) is 9.82 Å². The second kappa shape index (κ2) is 9.77. The fourth-order valence-corrected chi connectivity index (χ4v) is 3.99. The summed E-state index contributed by atoms with van der Waals surface area (Å²) >= 11 is 0. The third kappa shape index (κ3) is 4.63. The number of para-hydroxylation sites is 4. The molecule has 0 N–H and O–H groups in total. The first kappa shape index (κ1) is 21.1. The molecule has 6 nitrogen and oxygen atoms in total. The molecule has 2 aromatic carbocycles. The highest BCUT2D eigenvalue weighted by molar-refractivity contribution is 5.78. The highest BCUT2D eigenvalue weighted by atomic mass is 16.7. The van der Waals surface area contributed by atoms with Crippen LogP contribution in [0.5, 0.6) is 0 Å². The maximum atomic E-state index is 13.2. The number of rotatable bonds is 10. The summed E-state index contributed by atoms with van der Waals surface area (Å²) in [5.41, 5.74) is 3.66. The van der Waals surface area contributed by atoms with Gasteiger partial charge in [-0.2, -0.15) is 4.73 Å². The van der Waals surface area contributed by atoms with Crippen molar-refractivity contribution in [2.75, 3.05) is 0 Å². The topological polar surface area (TPSA) is 61.9 Å². The van der Waals surface area contributed by atoms with Gasteiger partial charge in [0.1, 0.15) is 17.7 Å². The molecule has 0 amide bonds. The summed E-state index contributed by atoms with van der Waals surface area (Å²) in [6.45, 7) is 4.90. The van der Waals surface area contributed by atoms with Gasteiger partial charge in [0, 0.05) is 13.0 Å². The average Bonchev–Trinajstić information content (AvgIpc) is 3.36. The summed E-state index contributed by atoms with van der Waals surface area (Å²) < 4.78 is 3.71. The Balaban J connectivity index is 1.61. The van der Waals surface area contributed by atoms with Gasteiger partial charge in [-0.25, -0.2) is 14.8 Å². The summed E-state index contributed by atoms with van der Waals surface area (Å²) in [4.78, 5) is 28.2. The Morgan fingerprint density at radius 3 is 2.45 bits per heavy atom. The average molecular weight is 419 g/mol. The Morgan fingerprint density at radius 2 is 1.68 bits per heavy atom. The molecule has 1 atom stereocenters. The second-order valence-electron chi connectivity index (χ2n) is 8.04. The predicted octanol–water partition coefficient (Wildman–Crippen LogP) is 5.19. The minimum atomic E-state index is -0.251. The van der Waals surface area contributed by atoms with Crippen molar-refractivity contribution in [1.82, 2.24) is 19.3 Å². The lowest BCUT2D eigenvalue weighted by molar-refractivity contribution is -0.149. The van der Waals surface area contributed by atoms with Crippen molar-refractivity contribution in [3.63, 3.8) is 0 Å². The van der Waals surface area contributed by atoms with Crippen molar-refractivity contribution in [2.45, 2.75) is 58.9 Å². The summed E-state index contributed by atoms with van der Waals surface area (Å²) in [5.74, 6) is 0.570. The molecular formula is C25H30N4O2. The molecule has 6 heteroatoms. The number of imidazole rings is 2. The summed E-state index contributed by atoms with van der Waals surface area (Å²) in [7, 11) is 0. The van der Waals surface area contributed by atoms with Crippen LogP contribution in [0.1, 0.15) is 51.8 Å². The van der Waals surface area contributed by atoms with Crippen LogP contribution in [0, 0.1) is 5.92 Å². The third-order valence-electron chi connectivity index (χ3n) is 5.74. The van der Waals surface area contributed by atoms with Gasteiger partial charge < -0.3 is 9.40 Å². The zero-order chi connectivity index (χ0) is 21.6. The van der Waals surface area contributed by atoms with Crippen LogP contribution in [-0.2, 0) is 17.8 Å². The Labute approximate surface area is 182 Å². The number of benzene rings is 2. The fraction of sp³-hybridized carbons (Fsp3) is 0.400. The lowest BCUT2D eigenvalue weighted by atomic mass is 10.0. The monoisotopic (exact) mass is 418 g/mol. The van der Waals surface area contributed by atoms with E-state index in [2.05, 4.69) is 29.5 Å². The van der Waals surface area contributed by atoms with Crippen molar-refractivity contribution in [3.05, 3.63) is 60.7 Å². The molecule has 0 aliphatic heterocycles. The quantitative estimate of drug-likeness (QED) is 0.356. The van der Waals surface area contributed by atoms with Crippen LogP contribution in [0.4, 0.5) is 0 Å². The van der Waals surface area contributed by atoms with E-state index in [0.717, 1.165) is 66.4 Å². The molecule has 162 valence electrons. The summed E-state index contributed by atoms with van der Waals surface area (Å²) in [6.07, 6.45) is 7.45. The van der Waals surface area contributed by atoms with Crippen molar-refractivity contribution < 1.29 is 9.63 Å². The fourth-order valence-electron chi connectivity index (χ4n) is 3.99. The minimum absolute atomic E-state index is 0.226. The number of nitrogens with zero attached hydrogens (tertiary/aromatic N) is 4. The third-order valence-corrected chi connectivity index (χ3v) is 5.74. The van der Waals surface area contributed by atoms with Crippen LogP contribution in [-0.4, -0.2) is 25.2 Å². The lowest BCUT2D eigenvalue weighted by Gasteiger charge is -2.18. The van der Waals surface area contributed by atoms with E-state index in [1.54, 1.807) is 6.33 Å². The van der Waals surface area contributed by atoms with E-state index < -0.39 is 0 Å². The van der Waals surface area contributed by atoms with Crippen LogP contribution in [0.25, 0.3) is 22.1 Å². The van der Waals surface area contributed by atoms with Gasteiger partial charge in [-0.1, -0.05) is 57.4 Å². The minimum Gasteiger partial charge on any atom is -0.335 e. The molecule has 0 saturated carbocycles. The van der Waals surface area contributed by atoms with E-state index in [0.29, 0.717) is 6.54 Å². The standard InChI is InChI=1S/C25H30N4O2/c1-3-5-11-19(25(30)31-29-18-26-20-12-7-10-15-23(20)29)17-28-22-14-9-8-13-21(22)27-24(28)16-6-4-2/h7-10,12-15,18-19H,3-6,11,16-17H2,1-2H3. The summed E-state index contributed by atoms with van der Waals surface area (Å²) in [5, 5.41) is 0. The Hall–Kier alpha value is -3.15. The van der Waals surface area contributed by atoms with Crippen LogP contribution in [0.2, 0.25) is 0 Å². The van der Waals surface area contributed by atoms with Crippen LogP contribution in [0.15, 0.2) is 54.9 Å². The Kier molecular flexibility index (Phi) is 6.65. The molecular weight excluding hydrogens is 388 g/mol. The SMILES string of the molecule is CCCCc1nc2ccccc2n1CC(CCCC)C(=O)On1cnc2ccccc21. The molecule has 0 aliphatic carbocycles. The lowest BCUT2D eigenvalue weighted by Crippen LogP contribution is -2.30. The number of unbranched alkanes of at least 4 members (excludes halogenated alkanes) is 2. The van der Waals surface area contributed by atoms with Crippen molar-refractivity contribution >= 4 is 28.0 Å². The first-order chi connectivity index (χ1) is 15.2. The highest BCUT2D eigenvalue weighted by Gasteiger charge is 2.24.